The molecule has 0 saturated carbocycles. The van der Waals surface area contributed by atoms with Crippen LogP contribution in [0.4, 0.5) is 0 Å². The van der Waals surface area contributed by atoms with Crippen molar-refractivity contribution in [2.45, 2.75) is 19.1 Å². The minimum Gasteiger partial charge on any atom is -0.388 e. The highest BCUT2D eigenvalue weighted by Crippen LogP contribution is 2.17. The standard InChI is InChI=1S/C15H20N2OS/c1-15(18,11-19-2)10-17-9-13-8-16-7-12-5-3-4-6-14(12)13/h3-8,17-18H,9-11H2,1-2H3. The Balaban J connectivity index is 2.02. The predicted molar refractivity (Wildman–Crippen MR) is 82.5 cm³/mol. The molecule has 0 saturated heterocycles. The van der Waals surface area contributed by atoms with Crippen molar-refractivity contribution in [3.63, 3.8) is 0 Å². The lowest BCUT2D eigenvalue weighted by Gasteiger charge is -2.22. The van der Waals surface area contributed by atoms with E-state index in [0.29, 0.717) is 6.54 Å². The van der Waals surface area contributed by atoms with E-state index in [1.54, 1.807) is 11.8 Å². The third-order valence-corrected chi connectivity index (χ3v) is 3.94. The van der Waals surface area contributed by atoms with Crippen LogP contribution >= 0.6 is 11.8 Å². The third-order valence-electron chi connectivity index (χ3n) is 3.03. The molecule has 1 atom stereocenters. The maximum Gasteiger partial charge on any atom is 0.0833 e. The topological polar surface area (TPSA) is 45.1 Å². The summed E-state index contributed by atoms with van der Waals surface area (Å²) in [5.41, 5.74) is 0.496. The molecule has 0 amide bonds. The quantitative estimate of drug-likeness (QED) is 0.850. The number of pyridine rings is 1. The molecule has 1 unspecified atom stereocenters. The molecule has 1 heterocycles. The van der Waals surface area contributed by atoms with Crippen molar-refractivity contribution in [2.24, 2.45) is 0 Å². The Labute approximate surface area is 118 Å². The first-order valence-electron chi connectivity index (χ1n) is 6.36. The van der Waals surface area contributed by atoms with Gasteiger partial charge in [0.15, 0.2) is 0 Å². The summed E-state index contributed by atoms with van der Waals surface area (Å²) in [4.78, 5) is 4.26. The van der Waals surface area contributed by atoms with E-state index in [4.69, 9.17) is 0 Å². The van der Waals surface area contributed by atoms with E-state index in [1.807, 2.05) is 37.7 Å². The summed E-state index contributed by atoms with van der Waals surface area (Å²) >= 11 is 1.66. The van der Waals surface area contributed by atoms with Crippen molar-refractivity contribution in [3.05, 3.63) is 42.2 Å². The molecule has 0 aliphatic heterocycles. The molecule has 0 bridgehead atoms. The van der Waals surface area contributed by atoms with Crippen molar-refractivity contribution in [1.82, 2.24) is 10.3 Å². The molecule has 0 spiro atoms. The Morgan fingerprint density at radius 3 is 2.89 bits per heavy atom. The van der Waals surface area contributed by atoms with Gasteiger partial charge in [0.2, 0.25) is 0 Å². The number of aromatic nitrogens is 1. The Morgan fingerprint density at radius 1 is 1.32 bits per heavy atom. The number of aliphatic hydroxyl groups is 1. The Bertz CT molecular complexity index is 537. The second-order valence-corrected chi connectivity index (χ2v) is 5.92. The fourth-order valence-electron chi connectivity index (χ4n) is 2.15. The van der Waals surface area contributed by atoms with Gasteiger partial charge in [0.05, 0.1) is 5.60 Å². The first-order valence-corrected chi connectivity index (χ1v) is 7.75. The zero-order valence-electron chi connectivity index (χ0n) is 11.4. The first kappa shape index (κ1) is 14.3. The van der Waals surface area contributed by atoms with Gasteiger partial charge >= 0.3 is 0 Å². The second kappa shape index (κ2) is 6.37. The molecular weight excluding hydrogens is 256 g/mol. The molecule has 0 aliphatic carbocycles. The van der Waals surface area contributed by atoms with E-state index < -0.39 is 5.60 Å². The summed E-state index contributed by atoms with van der Waals surface area (Å²) in [5.74, 6) is 0.730. The van der Waals surface area contributed by atoms with Crippen LogP contribution in [0.25, 0.3) is 10.8 Å². The summed E-state index contributed by atoms with van der Waals surface area (Å²) < 4.78 is 0. The summed E-state index contributed by atoms with van der Waals surface area (Å²) in [5, 5.41) is 15.8. The molecule has 4 heteroatoms. The number of fused-ring (bicyclic) bond motifs is 1. The van der Waals surface area contributed by atoms with E-state index in [0.717, 1.165) is 23.2 Å². The molecular formula is C15H20N2OS. The van der Waals surface area contributed by atoms with Gasteiger partial charge in [0.25, 0.3) is 0 Å². The first-order chi connectivity index (χ1) is 9.12. The largest absolute Gasteiger partial charge is 0.388 e. The maximum atomic E-state index is 10.1. The van der Waals surface area contributed by atoms with Crippen LogP contribution in [0.5, 0.6) is 0 Å². The number of benzene rings is 1. The molecule has 0 fully saturated rings. The minimum atomic E-state index is -0.669. The molecule has 1 aromatic carbocycles. The zero-order valence-corrected chi connectivity index (χ0v) is 12.2. The number of thioether (sulfide) groups is 1. The highest BCUT2D eigenvalue weighted by molar-refractivity contribution is 7.98. The molecule has 3 nitrogen and oxygen atoms in total. The number of nitrogens with zero attached hydrogens (tertiary/aromatic N) is 1. The Hall–Kier alpha value is -1.10. The normalized spacial score (nSPS) is 14.5. The minimum absolute atomic E-state index is 0.580. The number of hydrogen-bond donors (Lipinski definition) is 2. The highest BCUT2D eigenvalue weighted by atomic mass is 32.2. The van der Waals surface area contributed by atoms with Crippen LogP contribution in [-0.2, 0) is 6.54 Å². The molecule has 2 aromatic rings. The van der Waals surface area contributed by atoms with Gasteiger partial charge < -0.3 is 10.4 Å². The SMILES string of the molecule is CSCC(C)(O)CNCc1cncc2ccccc12. The van der Waals surface area contributed by atoms with Crippen molar-refractivity contribution in [2.75, 3.05) is 18.6 Å². The molecule has 2 N–H and O–H groups in total. The monoisotopic (exact) mass is 276 g/mol. The van der Waals surface area contributed by atoms with E-state index in [1.165, 1.54) is 5.39 Å². The molecule has 19 heavy (non-hydrogen) atoms. The number of hydrogen-bond acceptors (Lipinski definition) is 4. The Kier molecular flexibility index (Phi) is 4.80. The van der Waals surface area contributed by atoms with Crippen LogP contribution in [0.3, 0.4) is 0 Å². The van der Waals surface area contributed by atoms with Gasteiger partial charge in [-0.1, -0.05) is 24.3 Å². The van der Waals surface area contributed by atoms with Gasteiger partial charge in [-0.15, -0.1) is 0 Å². The smallest absolute Gasteiger partial charge is 0.0833 e. The average molecular weight is 276 g/mol. The molecule has 2 rings (SSSR count). The maximum absolute atomic E-state index is 10.1. The lowest BCUT2D eigenvalue weighted by Crippen LogP contribution is -2.39. The van der Waals surface area contributed by atoms with Crippen molar-refractivity contribution < 1.29 is 5.11 Å². The van der Waals surface area contributed by atoms with Crippen LogP contribution in [0.1, 0.15) is 12.5 Å². The van der Waals surface area contributed by atoms with Gasteiger partial charge in [-0.25, -0.2) is 0 Å². The van der Waals surface area contributed by atoms with Crippen LogP contribution < -0.4 is 5.32 Å². The van der Waals surface area contributed by atoms with Crippen LogP contribution in [-0.4, -0.2) is 34.2 Å². The number of rotatable bonds is 6. The van der Waals surface area contributed by atoms with Gasteiger partial charge in [0, 0.05) is 36.6 Å². The fourth-order valence-corrected chi connectivity index (χ4v) is 2.87. The molecule has 0 aliphatic rings. The lowest BCUT2D eigenvalue weighted by molar-refractivity contribution is 0.0846. The van der Waals surface area contributed by atoms with Crippen molar-refractivity contribution in [1.29, 1.82) is 0 Å². The van der Waals surface area contributed by atoms with Gasteiger partial charge in [-0.2, -0.15) is 11.8 Å². The van der Waals surface area contributed by atoms with Crippen molar-refractivity contribution in [3.8, 4) is 0 Å². The molecule has 102 valence electrons. The van der Waals surface area contributed by atoms with Crippen LogP contribution in [0.15, 0.2) is 36.7 Å². The summed E-state index contributed by atoms with van der Waals surface area (Å²) in [6.45, 7) is 3.16. The number of nitrogens with one attached hydrogen (secondary N) is 1. The predicted octanol–water partition coefficient (Wildman–Crippen LogP) is 2.44. The average Bonchev–Trinajstić information content (AvgIpc) is 2.39. The van der Waals surface area contributed by atoms with E-state index in [-0.39, 0.29) is 0 Å². The van der Waals surface area contributed by atoms with E-state index >= 15 is 0 Å². The van der Waals surface area contributed by atoms with Gasteiger partial charge in [0.1, 0.15) is 0 Å². The van der Waals surface area contributed by atoms with Crippen LogP contribution in [0, 0.1) is 0 Å². The zero-order chi connectivity index (χ0) is 13.7. The van der Waals surface area contributed by atoms with E-state index in [9.17, 15) is 5.11 Å². The summed E-state index contributed by atoms with van der Waals surface area (Å²) in [6.07, 6.45) is 5.77. The second-order valence-electron chi connectivity index (χ2n) is 5.05. The van der Waals surface area contributed by atoms with Crippen molar-refractivity contribution >= 4 is 22.5 Å². The summed E-state index contributed by atoms with van der Waals surface area (Å²) in [7, 11) is 0. The molecule has 0 radical (unpaired) electrons. The summed E-state index contributed by atoms with van der Waals surface area (Å²) in [6, 6.07) is 8.23. The lowest BCUT2D eigenvalue weighted by atomic mass is 10.1. The van der Waals surface area contributed by atoms with E-state index in [2.05, 4.69) is 22.4 Å². The van der Waals surface area contributed by atoms with Crippen LogP contribution in [0.2, 0.25) is 0 Å². The third kappa shape index (κ3) is 3.93. The van der Waals surface area contributed by atoms with Gasteiger partial charge in [-0.05, 0) is 24.1 Å². The highest BCUT2D eigenvalue weighted by Gasteiger charge is 2.18. The van der Waals surface area contributed by atoms with Gasteiger partial charge in [-0.3, -0.25) is 4.98 Å². The Morgan fingerprint density at radius 2 is 2.11 bits per heavy atom. The molecule has 1 aromatic heterocycles. The fraction of sp³-hybridized carbons (Fsp3) is 0.400.